The van der Waals surface area contributed by atoms with Crippen molar-refractivity contribution in [2.75, 3.05) is 19.6 Å². The van der Waals surface area contributed by atoms with Gasteiger partial charge in [0.1, 0.15) is 5.01 Å². The number of piperazine rings is 1. The molecule has 2 aromatic rings. The monoisotopic (exact) mass is 307 g/mol. The van der Waals surface area contributed by atoms with Crippen LogP contribution in [0, 0.1) is 6.92 Å². The SMILES string of the molecule is Cc1nn2c(CN3CCNC(C)(C)C3)c(C(C)C)nc2s1. The number of nitrogens with one attached hydrogen (secondary N) is 1. The van der Waals surface area contributed by atoms with E-state index >= 15 is 0 Å². The van der Waals surface area contributed by atoms with Gasteiger partial charge in [-0.25, -0.2) is 9.50 Å². The minimum atomic E-state index is 0.179. The standard InChI is InChI=1S/C15H25N5S/c1-10(2)13-12(20-14(17-13)21-11(3)18-20)8-19-7-6-16-15(4,5)9-19/h10,16H,6-9H2,1-5H3. The van der Waals surface area contributed by atoms with Crippen LogP contribution in [0.15, 0.2) is 0 Å². The third-order valence-electron chi connectivity index (χ3n) is 4.00. The Morgan fingerprint density at radius 2 is 2.14 bits per heavy atom. The van der Waals surface area contributed by atoms with Crippen LogP contribution < -0.4 is 5.32 Å². The van der Waals surface area contributed by atoms with Crippen molar-refractivity contribution in [1.82, 2.24) is 24.8 Å². The zero-order valence-electron chi connectivity index (χ0n) is 13.6. The second-order valence-corrected chi connectivity index (χ2v) is 8.10. The fourth-order valence-corrected chi connectivity index (χ4v) is 3.87. The summed E-state index contributed by atoms with van der Waals surface area (Å²) < 4.78 is 2.06. The van der Waals surface area contributed by atoms with Crippen LogP contribution in [-0.2, 0) is 6.54 Å². The van der Waals surface area contributed by atoms with Crippen LogP contribution in [0.5, 0.6) is 0 Å². The van der Waals surface area contributed by atoms with E-state index in [2.05, 4.69) is 47.5 Å². The molecule has 0 radical (unpaired) electrons. The average molecular weight is 307 g/mol. The quantitative estimate of drug-likeness (QED) is 0.946. The Kier molecular flexibility index (Phi) is 3.80. The molecule has 1 aliphatic heterocycles. The number of hydrogen-bond donors (Lipinski definition) is 1. The molecule has 6 heteroatoms. The van der Waals surface area contributed by atoms with Crippen molar-refractivity contribution in [1.29, 1.82) is 0 Å². The van der Waals surface area contributed by atoms with Crippen molar-refractivity contribution < 1.29 is 0 Å². The molecule has 116 valence electrons. The smallest absolute Gasteiger partial charge is 0.212 e. The van der Waals surface area contributed by atoms with Gasteiger partial charge in [0, 0.05) is 31.7 Å². The summed E-state index contributed by atoms with van der Waals surface area (Å²) in [4.78, 5) is 8.35. The van der Waals surface area contributed by atoms with Gasteiger partial charge in [0.05, 0.1) is 11.4 Å². The van der Waals surface area contributed by atoms with E-state index in [0.29, 0.717) is 5.92 Å². The van der Waals surface area contributed by atoms with Crippen LogP contribution >= 0.6 is 11.3 Å². The third kappa shape index (κ3) is 2.98. The van der Waals surface area contributed by atoms with Gasteiger partial charge in [0.2, 0.25) is 4.96 Å². The molecule has 1 N–H and O–H groups in total. The van der Waals surface area contributed by atoms with Crippen LogP contribution in [0.2, 0.25) is 0 Å². The summed E-state index contributed by atoms with van der Waals surface area (Å²) in [5.74, 6) is 0.435. The molecule has 1 fully saturated rings. The Balaban J connectivity index is 1.92. The summed E-state index contributed by atoms with van der Waals surface area (Å²) in [6, 6.07) is 0. The Labute approximate surface area is 130 Å². The first-order valence-electron chi connectivity index (χ1n) is 7.68. The van der Waals surface area contributed by atoms with E-state index < -0.39 is 0 Å². The van der Waals surface area contributed by atoms with Crippen LogP contribution in [0.3, 0.4) is 0 Å². The molecule has 3 rings (SSSR count). The molecule has 1 saturated heterocycles. The predicted molar refractivity (Wildman–Crippen MR) is 87.0 cm³/mol. The Hall–Kier alpha value is -0.980. The molecule has 1 aliphatic rings. The first-order valence-corrected chi connectivity index (χ1v) is 8.50. The maximum atomic E-state index is 4.81. The molecule has 5 nitrogen and oxygen atoms in total. The first kappa shape index (κ1) is 14.9. The van der Waals surface area contributed by atoms with E-state index in [-0.39, 0.29) is 5.54 Å². The lowest BCUT2D eigenvalue weighted by Crippen LogP contribution is -2.56. The third-order valence-corrected chi connectivity index (χ3v) is 4.82. The van der Waals surface area contributed by atoms with E-state index in [1.165, 1.54) is 11.4 Å². The minimum Gasteiger partial charge on any atom is -0.309 e. The number of rotatable bonds is 3. The molecular weight excluding hydrogens is 282 g/mol. The summed E-state index contributed by atoms with van der Waals surface area (Å²) in [5, 5.41) is 9.30. The molecule has 0 aromatic carbocycles. The molecule has 3 heterocycles. The normalized spacial score (nSPS) is 19.7. The highest BCUT2D eigenvalue weighted by molar-refractivity contribution is 7.16. The van der Waals surface area contributed by atoms with Gasteiger partial charge in [0.15, 0.2) is 0 Å². The number of hydrogen-bond acceptors (Lipinski definition) is 5. The molecule has 0 aliphatic carbocycles. The first-order chi connectivity index (χ1) is 9.85. The summed E-state index contributed by atoms with van der Waals surface area (Å²) in [5.41, 5.74) is 2.64. The highest BCUT2D eigenvalue weighted by atomic mass is 32.1. The maximum absolute atomic E-state index is 4.81. The van der Waals surface area contributed by atoms with E-state index in [1.807, 2.05) is 6.92 Å². The van der Waals surface area contributed by atoms with Crippen molar-refractivity contribution in [3.63, 3.8) is 0 Å². The lowest BCUT2D eigenvalue weighted by atomic mass is 10.0. The van der Waals surface area contributed by atoms with Crippen LogP contribution in [0.4, 0.5) is 0 Å². The van der Waals surface area contributed by atoms with E-state index in [9.17, 15) is 0 Å². The zero-order valence-corrected chi connectivity index (χ0v) is 14.4. The Morgan fingerprint density at radius 1 is 1.38 bits per heavy atom. The molecule has 0 saturated carbocycles. The highest BCUT2D eigenvalue weighted by Gasteiger charge is 2.28. The molecule has 0 unspecified atom stereocenters. The van der Waals surface area contributed by atoms with Gasteiger partial charge < -0.3 is 5.32 Å². The van der Waals surface area contributed by atoms with Crippen LogP contribution in [0.25, 0.3) is 4.96 Å². The summed E-state index contributed by atoms with van der Waals surface area (Å²) >= 11 is 1.68. The van der Waals surface area contributed by atoms with Gasteiger partial charge in [-0.2, -0.15) is 5.10 Å². The van der Waals surface area contributed by atoms with Gasteiger partial charge in [-0.1, -0.05) is 25.2 Å². The lowest BCUT2D eigenvalue weighted by Gasteiger charge is -2.39. The number of nitrogens with zero attached hydrogens (tertiary/aromatic N) is 4. The molecule has 0 atom stereocenters. The van der Waals surface area contributed by atoms with Crippen molar-refractivity contribution in [2.45, 2.75) is 52.6 Å². The van der Waals surface area contributed by atoms with Gasteiger partial charge >= 0.3 is 0 Å². The van der Waals surface area contributed by atoms with Gasteiger partial charge in [-0.3, -0.25) is 4.90 Å². The lowest BCUT2D eigenvalue weighted by molar-refractivity contribution is 0.146. The van der Waals surface area contributed by atoms with Crippen molar-refractivity contribution in [3.05, 3.63) is 16.4 Å². The molecular formula is C15H25N5S. The minimum absolute atomic E-state index is 0.179. The number of aryl methyl sites for hydroxylation is 1. The topological polar surface area (TPSA) is 45.5 Å². The Morgan fingerprint density at radius 3 is 2.81 bits per heavy atom. The second-order valence-electron chi connectivity index (χ2n) is 6.94. The van der Waals surface area contributed by atoms with Gasteiger partial charge in [0.25, 0.3) is 0 Å². The molecule has 2 aromatic heterocycles. The fourth-order valence-electron chi connectivity index (χ4n) is 3.10. The fraction of sp³-hybridized carbons (Fsp3) is 0.733. The van der Waals surface area contributed by atoms with Crippen LogP contribution in [0.1, 0.15) is 50.0 Å². The van der Waals surface area contributed by atoms with Gasteiger partial charge in [-0.15, -0.1) is 0 Å². The largest absolute Gasteiger partial charge is 0.309 e. The number of fused-ring (bicyclic) bond motifs is 1. The van der Waals surface area contributed by atoms with E-state index in [1.54, 1.807) is 11.3 Å². The average Bonchev–Trinajstić information content (AvgIpc) is 2.86. The zero-order chi connectivity index (χ0) is 15.2. The maximum Gasteiger partial charge on any atom is 0.212 e. The van der Waals surface area contributed by atoms with E-state index in [0.717, 1.165) is 36.1 Å². The molecule has 21 heavy (non-hydrogen) atoms. The van der Waals surface area contributed by atoms with Gasteiger partial charge in [-0.05, 0) is 26.7 Å². The van der Waals surface area contributed by atoms with Crippen molar-refractivity contribution >= 4 is 16.3 Å². The molecule has 0 amide bonds. The molecule has 0 bridgehead atoms. The highest BCUT2D eigenvalue weighted by Crippen LogP contribution is 2.25. The summed E-state index contributed by atoms with van der Waals surface area (Å²) in [7, 11) is 0. The number of aromatic nitrogens is 3. The van der Waals surface area contributed by atoms with Crippen molar-refractivity contribution in [2.24, 2.45) is 0 Å². The number of imidazole rings is 1. The summed E-state index contributed by atoms with van der Waals surface area (Å²) in [6.45, 7) is 15.1. The molecule has 0 spiro atoms. The van der Waals surface area contributed by atoms with Crippen molar-refractivity contribution in [3.8, 4) is 0 Å². The Bertz CT molecular complexity index is 640. The predicted octanol–water partition coefficient (Wildman–Crippen LogP) is 2.41. The van der Waals surface area contributed by atoms with Crippen LogP contribution in [-0.4, -0.2) is 44.7 Å². The van der Waals surface area contributed by atoms with E-state index in [4.69, 9.17) is 4.98 Å². The summed E-state index contributed by atoms with van der Waals surface area (Å²) in [6.07, 6.45) is 0. The second kappa shape index (κ2) is 5.34.